The molecule has 0 amide bonds. The molecule has 5 rings (SSSR count). The molecule has 0 saturated heterocycles. The lowest BCUT2D eigenvalue weighted by atomic mass is 9.91. The summed E-state index contributed by atoms with van der Waals surface area (Å²) in [6, 6.07) is 32.9. The van der Waals surface area contributed by atoms with Gasteiger partial charge in [0.25, 0.3) is 0 Å². The first-order valence-corrected chi connectivity index (χ1v) is 11.1. The van der Waals surface area contributed by atoms with Gasteiger partial charge in [0.2, 0.25) is 5.78 Å². The summed E-state index contributed by atoms with van der Waals surface area (Å²) >= 11 is 0. The average Bonchev–Trinajstić information content (AvgIpc) is 3.36. The molecule has 0 fully saturated rings. The first-order chi connectivity index (χ1) is 17.1. The molecule has 0 aliphatic heterocycles. The van der Waals surface area contributed by atoms with Crippen molar-refractivity contribution in [2.75, 3.05) is 0 Å². The molecule has 5 nitrogen and oxygen atoms in total. The van der Waals surface area contributed by atoms with E-state index >= 15 is 0 Å². The number of rotatable bonds is 7. The summed E-state index contributed by atoms with van der Waals surface area (Å²) in [5.74, 6) is -1.56. The number of aromatic nitrogens is 2. The van der Waals surface area contributed by atoms with Gasteiger partial charge in [0, 0.05) is 22.1 Å². The zero-order valence-corrected chi connectivity index (χ0v) is 18.7. The van der Waals surface area contributed by atoms with E-state index in [1.165, 1.54) is 4.68 Å². The number of nitrogens with zero attached hydrogens (tertiary/aromatic N) is 2. The highest BCUT2D eigenvalue weighted by Gasteiger charge is 2.31. The van der Waals surface area contributed by atoms with Crippen molar-refractivity contribution < 1.29 is 14.4 Å². The lowest BCUT2D eigenvalue weighted by Crippen LogP contribution is -2.23. The number of allylic oxidation sites excluding steroid dienone is 2. The fraction of sp³-hybridized carbons (Fsp3) is 0. The number of para-hydroxylation sites is 1. The Morgan fingerprint density at radius 1 is 0.514 bits per heavy atom. The number of fused-ring (bicyclic) bond motifs is 1. The van der Waals surface area contributed by atoms with Crippen molar-refractivity contribution in [3.05, 3.63) is 144 Å². The second kappa shape index (κ2) is 9.53. The monoisotopic (exact) mass is 456 g/mol. The molecular formula is C30H20N2O3. The Bertz CT molecular complexity index is 1510. The van der Waals surface area contributed by atoms with Crippen molar-refractivity contribution >= 4 is 33.9 Å². The zero-order valence-electron chi connectivity index (χ0n) is 18.7. The Morgan fingerprint density at radius 3 is 1.46 bits per heavy atom. The van der Waals surface area contributed by atoms with Crippen LogP contribution in [0.1, 0.15) is 31.1 Å². The van der Waals surface area contributed by atoms with Crippen molar-refractivity contribution in [2.45, 2.75) is 0 Å². The minimum atomic E-state index is -0.543. The smallest absolute Gasteiger partial charge is 0.212 e. The molecule has 0 N–H and O–H groups in total. The van der Waals surface area contributed by atoms with Crippen LogP contribution in [0.15, 0.2) is 127 Å². The van der Waals surface area contributed by atoms with Crippen LogP contribution in [0.5, 0.6) is 0 Å². The average molecular weight is 457 g/mol. The van der Waals surface area contributed by atoms with Gasteiger partial charge < -0.3 is 0 Å². The summed E-state index contributed by atoms with van der Waals surface area (Å²) < 4.78 is 1.40. The van der Waals surface area contributed by atoms with E-state index in [2.05, 4.69) is 5.10 Å². The highest BCUT2D eigenvalue weighted by atomic mass is 16.2. The molecule has 0 aliphatic carbocycles. The van der Waals surface area contributed by atoms with Crippen LogP contribution < -0.4 is 0 Å². The number of hydrogen-bond donors (Lipinski definition) is 0. The highest BCUT2D eigenvalue weighted by molar-refractivity contribution is 6.42. The molecule has 0 atom stereocenters. The van der Waals surface area contributed by atoms with Gasteiger partial charge in [0.15, 0.2) is 11.6 Å². The highest BCUT2D eigenvalue weighted by Crippen LogP contribution is 2.27. The minimum absolute atomic E-state index is 0.0832. The van der Waals surface area contributed by atoms with Crippen LogP contribution in [0.2, 0.25) is 0 Å². The van der Waals surface area contributed by atoms with Gasteiger partial charge in [-0.05, 0) is 6.07 Å². The summed E-state index contributed by atoms with van der Waals surface area (Å²) in [4.78, 5) is 41.8. The van der Waals surface area contributed by atoms with Gasteiger partial charge >= 0.3 is 0 Å². The molecule has 1 heterocycles. The number of carbonyl (C=O) groups excluding carboxylic acids is 3. The summed E-state index contributed by atoms with van der Waals surface area (Å²) in [5, 5.41) is 5.23. The molecule has 35 heavy (non-hydrogen) atoms. The van der Waals surface area contributed by atoms with E-state index < -0.39 is 17.3 Å². The van der Waals surface area contributed by atoms with Crippen LogP contribution in [0.25, 0.3) is 16.6 Å². The number of ketones is 3. The maximum absolute atomic E-state index is 14.0. The molecule has 5 aromatic rings. The molecule has 0 bridgehead atoms. The normalized spacial score (nSPS) is 10.6. The molecule has 0 aliphatic rings. The van der Waals surface area contributed by atoms with Gasteiger partial charge in [0.05, 0.1) is 11.7 Å². The van der Waals surface area contributed by atoms with Gasteiger partial charge in [-0.2, -0.15) is 5.10 Å². The fourth-order valence-corrected chi connectivity index (χ4v) is 3.98. The second-order valence-electron chi connectivity index (χ2n) is 7.92. The first kappa shape index (κ1) is 21.9. The third-order valence-corrected chi connectivity index (χ3v) is 5.70. The van der Waals surface area contributed by atoms with Crippen LogP contribution in [-0.2, 0) is 0 Å². The summed E-state index contributed by atoms with van der Waals surface area (Å²) in [6.07, 6.45) is 1.62. The number of Topliss-reactive ketones (excluding diaryl/α,β-unsaturated/α-hetero) is 3. The predicted octanol–water partition coefficient (Wildman–Crippen LogP) is 5.90. The summed E-state index contributed by atoms with van der Waals surface area (Å²) in [7, 11) is 0. The fourth-order valence-electron chi connectivity index (χ4n) is 3.98. The number of hydrogen-bond acceptors (Lipinski definition) is 4. The molecule has 5 heteroatoms. The Kier molecular flexibility index (Phi) is 5.97. The van der Waals surface area contributed by atoms with E-state index in [0.29, 0.717) is 22.2 Å². The third-order valence-electron chi connectivity index (χ3n) is 5.70. The zero-order chi connectivity index (χ0) is 24.2. The van der Waals surface area contributed by atoms with Crippen LogP contribution in [-0.4, -0.2) is 27.1 Å². The third kappa shape index (κ3) is 4.23. The number of carbonyl (C=O) groups is 3. The second-order valence-corrected chi connectivity index (χ2v) is 7.92. The Balaban J connectivity index is 1.85. The summed E-state index contributed by atoms with van der Waals surface area (Å²) in [5.41, 5.74) is 1.26. The van der Waals surface area contributed by atoms with Gasteiger partial charge in [-0.15, -0.1) is 0 Å². The molecule has 0 spiro atoms. The Hall–Kier alpha value is -4.90. The molecule has 0 radical (unpaired) electrons. The maximum Gasteiger partial charge on any atom is 0.212 e. The molecule has 168 valence electrons. The van der Waals surface area contributed by atoms with Crippen LogP contribution in [0.3, 0.4) is 0 Å². The van der Waals surface area contributed by atoms with Crippen LogP contribution >= 0.6 is 0 Å². The number of benzene rings is 4. The van der Waals surface area contributed by atoms with E-state index in [1.54, 1.807) is 103 Å². The largest absolute Gasteiger partial charge is 0.288 e. The minimum Gasteiger partial charge on any atom is -0.288 e. The van der Waals surface area contributed by atoms with Gasteiger partial charge in [-0.3, -0.25) is 14.4 Å². The van der Waals surface area contributed by atoms with Crippen molar-refractivity contribution in [1.29, 1.82) is 0 Å². The quantitative estimate of drug-likeness (QED) is 0.132. The molecule has 0 unspecified atom stereocenters. The predicted molar refractivity (Wildman–Crippen MR) is 135 cm³/mol. The van der Waals surface area contributed by atoms with E-state index in [1.807, 2.05) is 18.2 Å². The SMILES string of the molecule is O=C(C(C(=O)c1ccccc1)=C(C(=O)c1ccccc1)n1ncc2ccccc21)c1ccccc1. The molecule has 1 aromatic heterocycles. The topological polar surface area (TPSA) is 69.0 Å². The van der Waals surface area contributed by atoms with Crippen molar-refractivity contribution in [1.82, 2.24) is 9.78 Å². The Labute approximate surface area is 202 Å². The van der Waals surface area contributed by atoms with Gasteiger partial charge in [-0.25, -0.2) is 4.68 Å². The summed E-state index contributed by atoms with van der Waals surface area (Å²) in [6.45, 7) is 0. The van der Waals surface area contributed by atoms with Gasteiger partial charge in [0.1, 0.15) is 11.3 Å². The van der Waals surface area contributed by atoms with Crippen LogP contribution in [0.4, 0.5) is 0 Å². The van der Waals surface area contributed by atoms with Crippen molar-refractivity contribution in [3.8, 4) is 0 Å². The molecule has 4 aromatic carbocycles. The first-order valence-electron chi connectivity index (χ1n) is 11.1. The Morgan fingerprint density at radius 2 is 0.943 bits per heavy atom. The van der Waals surface area contributed by atoms with Crippen LogP contribution in [0, 0.1) is 0 Å². The van der Waals surface area contributed by atoms with Crippen molar-refractivity contribution in [2.24, 2.45) is 0 Å². The van der Waals surface area contributed by atoms with E-state index in [4.69, 9.17) is 0 Å². The van der Waals surface area contributed by atoms with Crippen molar-refractivity contribution in [3.63, 3.8) is 0 Å². The maximum atomic E-state index is 14.0. The standard InChI is InChI=1S/C30H20N2O3/c33-28(21-12-4-1-5-13-21)26(29(34)22-14-6-2-7-15-22)27(30(35)23-16-8-3-9-17-23)32-25-19-11-10-18-24(25)20-31-32/h1-20H. The van der Waals surface area contributed by atoms with E-state index in [0.717, 1.165) is 5.39 Å². The van der Waals surface area contributed by atoms with E-state index in [9.17, 15) is 14.4 Å². The lowest BCUT2D eigenvalue weighted by molar-refractivity contribution is 0.0950. The molecular weight excluding hydrogens is 436 g/mol. The molecule has 0 saturated carbocycles. The van der Waals surface area contributed by atoms with Gasteiger partial charge in [-0.1, -0.05) is 109 Å². The lowest BCUT2D eigenvalue weighted by Gasteiger charge is -2.15. The van der Waals surface area contributed by atoms with E-state index in [-0.39, 0.29) is 11.3 Å².